The van der Waals surface area contributed by atoms with E-state index in [2.05, 4.69) is 31.0 Å². The first-order valence-corrected chi connectivity index (χ1v) is 10.3. The summed E-state index contributed by atoms with van der Waals surface area (Å²) in [5.74, 6) is 0.996. The highest BCUT2D eigenvalue weighted by atomic mass is 16.5. The van der Waals surface area contributed by atoms with E-state index < -0.39 is 12.1 Å². The number of ether oxygens (including phenoxy) is 1. The number of carbonyl (C=O) groups excluding carboxylic acids is 2. The second kappa shape index (κ2) is 8.11. The fourth-order valence-electron chi connectivity index (χ4n) is 4.29. The zero-order chi connectivity index (χ0) is 20.5. The number of nitrogens with zero attached hydrogens (tertiary/aromatic N) is 2. The highest BCUT2D eigenvalue weighted by Crippen LogP contribution is 2.35. The first-order chi connectivity index (χ1) is 13.2. The Labute approximate surface area is 168 Å². The van der Waals surface area contributed by atoms with Crippen LogP contribution in [0.15, 0.2) is 24.3 Å². The van der Waals surface area contributed by atoms with Crippen LogP contribution in [0.2, 0.25) is 0 Å². The molecule has 1 aromatic carbocycles. The molecule has 0 aromatic heterocycles. The number of anilines is 1. The number of rotatable bonds is 5. The minimum Gasteiger partial charge on any atom is -0.479 e. The molecular weight excluding hydrogens is 354 g/mol. The third-order valence-electron chi connectivity index (χ3n) is 5.60. The number of para-hydroxylation sites is 2. The zero-order valence-corrected chi connectivity index (χ0v) is 17.7. The second-order valence-electron chi connectivity index (χ2n) is 8.97. The average molecular weight is 388 g/mol. The van der Waals surface area contributed by atoms with Gasteiger partial charge in [-0.15, -0.1) is 0 Å². The Bertz CT molecular complexity index is 733. The van der Waals surface area contributed by atoms with Crippen molar-refractivity contribution in [3.05, 3.63) is 24.3 Å². The van der Waals surface area contributed by atoms with Crippen LogP contribution in [0.4, 0.5) is 5.69 Å². The summed E-state index contributed by atoms with van der Waals surface area (Å²) in [7, 11) is 0. The Balaban J connectivity index is 1.70. The van der Waals surface area contributed by atoms with Crippen LogP contribution in [-0.2, 0) is 9.59 Å². The highest BCUT2D eigenvalue weighted by molar-refractivity contribution is 6.05. The summed E-state index contributed by atoms with van der Waals surface area (Å²) in [6.45, 7) is 12.8. The van der Waals surface area contributed by atoms with Gasteiger partial charge in [-0.05, 0) is 65.1 Å². The fourth-order valence-corrected chi connectivity index (χ4v) is 4.29. The fraction of sp³-hybridized carbons (Fsp3) is 0.636. The summed E-state index contributed by atoms with van der Waals surface area (Å²) >= 11 is 0. The molecule has 1 saturated heterocycles. The first kappa shape index (κ1) is 20.6. The number of piperidine rings is 1. The number of fused-ring (bicyclic) bond motifs is 1. The van der Waals surface area contributed by atoms with Crippen molar-refractivity contribution in [1.82, 2.24) is 10.2 Å². The average Bonchev–Trinajstić information content (AvgIpc) is 2.61. The lowest BCUT2D eigenvalue weighted by Gasteiger charge is -2.40. The van der Waals surface area contributed by atoms with E-state index in [1.165, 1.54) is 12.8 Å². The molecule has 0 bridgehead atoms. The molecule has 0 aliphatic carbocycles. The van der Waals surface area contributed by atoms with E-state index in [9.17, 15) is 9.59 Å². The van der Waals surface area contributed by atoms with Crippen LogP contribution in [0.1, 0.15) is 47.5 Å². The molecule has 1 N–H and O–H groups in total. The molecule has 154 valence electrons. The predicted molar refractivity (Wildman–Crippen MR) is 111 cm³/mol. The van der Waals surface area contributed by atoms with Gasteiger partial charge in [-0.3, -0.25) is 14.5 Å². The Kier molecular flexibility index (Phi) is 5.98. The molecule has 0 saturated carbocycles. The molecule has 3 rings (SSSR count). The topological polar surface area (TPSA) is 61.9 Å². The monoisotopic (exact) mass is 387 g/mol. The van der Waals surface area contributed by atoms with Gasteiger partial charge in [0, 0.05) is 18.6 Å². The van der Waals surface area contributed by atoms with E-state index in [1.807, 2.05) is 24.3 Å². The lowest BCUT2D eigenvalue weighted by molar-refractivity contribution is -0.130. The van der Waals surface area contributed by atoms with E-state index >= 15 is 0 Å². The number of hydrogen-bond acceptors (Lipinski definition) is 4. The van der Waals surface area contributed by atoms with Gasteiger partial charge < -0.3 is 15.0 Å². The maximum atomic E-state index is 13.1. The lowest BCUT2D eigenvalue weighted by atomic mass is 9.97. The Morgan fingerprint density at radius 1 is 1.32 bits per heavy atom. The van der Waals surface area contributed by atoms with Crippen molar-refractivity contribution in [1.29, 1.82) is 0 Å². The minimum atomic E-state index is -0.612. The lowest BCUT2D eigenvalue weighted by Crippen LogP contribution is -2.59. The van der Waals surface area contributed by atoms with Crippen molar-refractivity contribution in [2.24, 2.45) is 5.92 Å². The molecule has 0 radical (unpaired) electrons. The molecule has 1 aromatic rings. The zero-order valence-electron chi connectivity index (χ0n) is 17.7. The summed E-state index contributed by atoms with van der Waals surface area (Å²) in [5.41, 5.74) is 0.277. The first-order valence-electron chi connectivity index (χ1n) is 10.3. The number of hydrogen-bond donors (Lipinski definition) is 1. The molecular formula is C22H33N3O3. The number of carbonyl (C=O) groups is 2. The maximum Gasteiger partial charge on any atom is 0.268 e. The van der Waals surface area contributed by atoms with E-state index in [0.717, 1.165) is 19.6 Å². The van der Waals surface area contributed by atoms with Crippen LogP contribution in [0, 0.1) is 5.92 Å². The largest absolute Gasteiger partial charge is 0.479 e. The van der Waals surface area contributed by atoms with Crippen molar-refractivity contribution in [2.45, 2.75) is 65.1 Å². The van der Waals surface area contributed by atoms with Gasteiger partial charge in [-0.25, -0.2) is 0 Å². The van der Waals surface area contributed by atoms with Gasteiger partial charge >= 0.3 is 0 Å². The number of likely N-dealkylation sites (tertiary alicyclic amines) is 1. The second-order valence-corrected chi connectivity index (χ2v) is 8.97. The Morgan fingerprint density at radius 2 is 2.04 bits per heavy atom. The Morgan fingerprint density at radius 3 is 2.75 bits per heavy atom. The summed E-state index contributed by atoms with van der Waals surface area (Å²) in [6, 6.07) is 6.76. The van der Waals surface area contributed by atoms with Crippen molar-refractivity contribution < 1.29 is 14.3 Å². The molecule has 2 amide bonds. The minimum absolute atomic E-state index is 0.146. The molecule has 0 unspecified atom stereocenters. The molecule has 1 fully saturated rings. The summed E-state index contributed by atoms with van der Waals surface area (Å²) in [6.07, 6.45) is 1.88. The highest BCUT2D eigenvalue weighted by Gasteiger charge is 2.38. The normalized spacial score (nSPS) is 24.3. The molecule has 0 spiro atoms. The molecule has 2 aliphatic rings. The van der Waals surface area contributed by atoms with Crippen LogP contribution in [0.5, 0.6) is 5.75 Å². The van der Waals surface area contributed by atoms with E-state index in [0.29, 0.717) is 17.4 Å². The Hall–Kier alpha value is -2.08. The number of benzene rings is 1. The third kappa shape index (κ3) is 4.49. The molecule has 2 heterocycles. The van der Waals surface area contributed by atoms with Gasteiger partial charge in [0.1, 0.15) is 11.8 Å². The van der Waals surface area contributed by atoms with Gasteiger partial charge in [0.15, 0.2) is 6.10 Å². The smallest absolute Gasteiger partial charge is 0.268 e. The quantitative estimate of drug-likeness (QED) is 0.844. The van der Waals surface area contributed by atoms with E-state index in [-0.39, 0.29) is 17.4 Å². The number of amides is 2. The summed E-state index contributed by atoms with van der Waals surface area (Å²) in [5, 5.41) is 3.17. The molecule has 6 heteroatoms. The molecule has 3 atom stereocenters. The van der Waals surface area contributed by atoms with Gasteiger partial charge in [0.25, 0.3) is 5.91 Å². The SMILES string of the molecule is C[C@@H]1CCCN(CC(C)(C)NC(=O)[C@H](C)N2C(=O)[C@H](C)Oc3ccccc32)C1. The predicted octanol–water partition coefficient (Wildman–Crippen LogP) is 2.82. The standard InChI is InChI=1S/C22H33N3O3/c1-15-9-8-12-24(13-15)14-22(4,5)23-20(26)16(2)25-18-10-6-7-11-19(18)28-17(3)21(25)27/h6-7,10-11,15-17H,8-9,12-14H2,1-5H3,(H,23,26)/t15-,16+,17+/m1/s1. The van der Waals surface area contributed by atoms with E-state index in [1.54, 1.807) is 18.7 Å². The van der Waals surface area contributed by atoms with Gasteiger partial charge in [-0.2, -0.15) is 0 Å². The summed E-state index contributed by atoms with van der Waals surface area (Å²) < 4.78 is 5.69. The number of nitrogens with one attached hydrogen (secondary N) is 1. The van der Waals surface area contributed by atoms with E-state index in [4.69, 9.17) is 4.74 Å². The van der Waals surface area contributed by atoms with Crippen LogP contribution >= 0.6 is 0 Å². The van der Waals surface area contributed by atoms with Crippen molar-refractivity contribution in [3.63, 3.8) is 0 Å². The molecule has 2 aliphatic heterocycles. The summed E-state index contributed by atoms with van der Waals surface area (Å²) in [4.78, 5) is 29.8. The van der Waals surface area contributed by atoms with Gasteiger partial charge in [0.2, 0.25) is 5.91 Å². The molecule has 6 nitrogen and oxygen atoms in total. The van der Waals surface area contributed by atoms with Crippen LogP contribution in [0.25, 0.3) is 0 Å². The van der Waals surface area contributed by atoms with Crippen LogP contribution in [-0.4, -0.2) is 54.0 Å². The van der Waals surface area contributed by atoms with Crippen LogP contribution < -0.4 is 15.0 Å². The van der Waals surface area contributed by atoms with Crippen molar-refractivity contribution in [3.8, 4) is 5.75 Å². The third-order valence-corrected chi connectivity index (χ3v) is 5.60. The van der Waals surface area contributed by atoms with Crippen molar-refractivity contribution >= 4 is 17.5 Å². The van der Waals surface area contributed by atoms with Gasteiger partial charge in [-0.1, -0.05) is 19.1 Å². The molecule has 28 heavy (non-hydrogen) atoms. The maximum absolute atomic E-state index is 13.1. The van der Waals surface area contributed by atoms with Crippen molar-refractivity contribution in [2.75, 3.05) is 24.5 Å². The van der Waals surface area contributed by atoms with Crippen LogP contribution in [0.3, 0.4) is 0 Å². The van der Waals surface area contributed by atoms with Gasteiger partial charge in [0.05, 0.1) is 5.69 Å².